The van der Waals surface area contributed by atoms with Crippen LogP contribution in [-0.2, 0) is 17.5 Å². The van der Waals surface area contributed by atoms with E-state index < -0.39 is 11.7 Å². The molecule has 1 aliphatic carbocycles. The zero-order valence-electron chi connectivity index (χ0n) is 17.3. The first-order valence-corrected chi connectivity index (χ1v) is 10.7. The van der Waals surface area contributed by atoms with Crippen LogP contribution in [0.2, 0.25) is 0 Å². The Bertz CT molecular complexity index is 846. The summed E-state index contributed by atoms with van der Waals surface area (Å²) in [7, 11) is 0. The molecule has 0 bridgehead atoms. The minimum atomic E-state index is -4.33. The Labute approximate surface area is 179 Å². The molecule has 1 saturated heterocycles. The lowest BCUT2D eigenvalue weighted by atomic mass is 10.1. The Balaban J connectivity index is 1.39. The van der Waals surface area contributed by atoms with Gasteiger partial charge in [0.1, 0.15) is 0 Å². The van der Waals surface area contributed by atoms with Crippen molar-refractivity contribution in [1.29, 1.82) is 0 Å². The molecule has 31 heavy (non-hydrogen) atoms. The van der Waals surface area contributed by atoms with E-state index in [-0.39, 0.29) is 18.1 Å². The molecule has 0 N–H and O–H groups in total. The van der Waals surface area contributed by atoms with Gasteiger partial charge in [0.15, 0.2) is 5.76 Å². The highest BCUT2D eigenvalue weighted by Gasteiger charge is 2.33. The number of carbonyl (C=O) groups excluding carboxylic acids is 1. The Morgan fingerprint density at radius 2 is 1.87 bits per heavy atom. The van der Waals surface area contributed by atoms with Gasteiger partial charge in [-0.15, -0.1) is 0 Å². The zero-order chi connectivity index (χ0) is 21.8. The van der Waals surface area contributed by atoms with Crippen LogP contribution >= 0.6 is 0 Å². The summed E-state index contributed by atoms with van der Waals surface area (Å²) in [5, 5.41) is 0. The number of morpholine rings is 1. The topological polar surface area (TPSA) is 45.9 Å². The summed E-state index contributed by atoms with van der Waals surface area (Å²) >= 11 is 0. The fraction of sp³-hybridized carbons (Fsp3) is 0.522. The van der Waals surface area contributed by atoms with E-state index in [1.54, 1.807) is 12.1 Å². The molecular weight excluding hydrogens is 409 g/mol. The van der Waals surface area contributed by atoms with Crippen LogP contribution in [0.3, 0.4) is 0 Å². The summed E-state index contributed by atoms with van der Waals surface area (Å²) in [4.78, 5) is 17.1. The lowest BCUT2D eigenvalue weighted by molar-refractivity contribution is -0.137. The van der Waals surface area contributed by atoms with E-state index >= 15 is 0 Å². The van der Waals surface area contributed by atoms with Crippen LogP contribution in [0.1, 0.15) is 47.4 Å². The van der Waals surface area contributed by atoms with Crippen molar-refractivity contribution in [3.63, 3.8) is 0 Å². The van der Waals surface area contributed by atoms with Gasteiger partial charge in [-0.2, -0.15) is 13.2 Å². The minimum absolute atomic E-state index is 0.111. The molecule has 1 aromatic carbocycles. The second-order valence-electron chi connectivity index (χ2n) is 8.30. The van der Waals surface area contributed by atoms with Gasteiger partial charge in [0.05, 0.1) is 24.5 Å². The molecule has 2 fully saturated rings. The zero-order valence-corrected chi connectivity index (χ0v) is 17.3. The first-order valence-electron chi connectivity index (χ1n) is 10.7. The normalized spacial score (nSPS) is 20.8. The standard InChI is InChI=1S/C23H27F3N2O3/c24-23(25,26)18-9-7-17(8-10-18)14-27-11-13-30-20(15-27)16-28(19-4-1-2-5-19)22(29)21-6-3-12-31-21/h3,6-10,12,19-20H,1-2,4-5,11,13-16H2. The molecule has 0 radical (unpaired) electrons. The van der Waals surface area contributed by atoms with E-state index in [1.165, 1.54) is 18.4 Å². The Morgan fingerprint density at radius 3 is 2.52 bits per heavy atom. The number of rotatable bonds is 6. The summed E-state index contributed by atoms with van der Waals surface area (Å²) in [6, 6.07) is 8.88. The van der Waals surface area contributed by atoms with Crippen LogP contribution < -0.4 is 0 Å². The van der Waals surface area contributed by atoms with Crippen LogP contribution in [0.4, 0.5) is 13.2 Å². The predicted molar refractivity (Wildman–Crippen MR) is 108 cm³/mol. The van der Waals surface area contributed by atoms with E-state index in [1.807, 2.05) is 4.90 Å². The molecular formula is C23H27F3N2O3. The number of hydrogen-bond donors (Lipinski definition) is 0. The van der Waals surface area contributed by atoms with Crippen molar-refractivity contribution >= 4 is 5.91 Å². The van der Waals surface area contributed by atoms with Crippen molar-refractivity contribution in [3.8, 4) is 0 Å². The number of ether oxygens (including phenoxy) is 1. The summed E-state index contributed by atoms with van der Waals surface area (Å²) in [5.41, 5.74) is 0.188. The van der Waals surface area contributed by atoms with Crippen molar-refractivity contribution in [2.24, 2.45) is 0 Å². The maximum atomic E-state index is 13.0. The van der Waals surface area contributed by atoms with Gasteiger partial charge < -0.3 is 14.1 Å². The largest absolute Gasteiger partial charge is 0.459 e. The van der Waals surface area contributed by atoms with E-state index in [4.69, 9.17) is 9.15 Å². The third-order valence-corrected chi connectivity index (χ3v) is 6.07. The van der Waals surface area contributed by atoms with Crippen LogP contribution in [0.25, 0.3) is 0 Å². The van der Waals surface area contributed by atoms with Crippen molar-refractivity contribution in [2.45, 2.75) is 50.6 Å². The monoisotopic (exact) mass is 436 g/mol. The molecule has 168 valence electrons. The SMILES string of the molecule is O=C(c1ccco1)N(CC1CN(Cc2ccc(C(F)(F)F)cc2)CCO1)C1CCCC1. The molecule has 1 aromatic heterocycles. The average molecular weight is 436 g/mol. The third-order valence-electron chi connectivity index (χ3n) is 6.07. The van der Waals surface area contributed by atoms with Gasteiger partial charge in [0.2, 0.25) is 0 Å². The van der Waals surface area contributed by atoms with Gasteiger partial charge in [-0.1, -0.05) is 25.0 Å². The van der Waals surface area contributed by atoms with Crippen molar-refractivity contribution in [3.05, 3.63) is 59.5 Å². The maximum Gasteiger partial charge on any atom is 0.416 e. The highest BCUT2D eigenvalue weighted by molar-refractivity contribution is 5.91. The molecule has 5 nitrogen and oxygen atoms in total. The Hall–Kier alpha value is -2.32. The first kappa shape index (κ1) is 21.9. The number of halogens is 3. The van der Waals surface area contributed by atoms with Gasteiger partial charge in [0.25, 0.3) is 5.91 Å². The van der Waals surface area contributed by atoms with Gasteiger partial charge in [0, 0.05) is 32.2 Å². The van der Waals surface area contributed by atoms with Gasteiger partial charge in [-0.05, 0) is 42.7 Å². The smallest absolute Gasteiger partial charge is 0.416 e. The minimum Gasteiger partial charge on any atom is -0.459 e. The van der Waals surface area contributed by atoms with Crippen molar-refractivity contribution in [2.75, 3.05) is 26.2 Å². The molecule has 8 heteroatoms. The molecule has 0 spiro atoms. The number of furan rings is 1. The molecule has 4 rings (SSSR count). The van der Waals surface area contributed by atoms with Crippen LogP contribution in [0.5, 0.6) is 0 Å². The van der Waals surface area contributed by atoms with Crippen LogP contribution in [-0.4, -0.2) is 54.1 Å². The number of nitrogens with zero attached hydrogens (tertiary/aromatic N) is 2. The number of hydrogen-bond acceptors (Lipinski definition) is 4. The lowest BCUT2D eigenvalue weighted by Crippen LogP contribution is -2.50. The summed E-state index contributed by atoms with van der Waals surface area (Å²) in [6.45, 7) is 2.88. The number of alkyl halides is 3. The fourth-order valence-electron chi connectivity index (χ4n) is 4.47. The van der Waals surface area contributed by atoms with Crippen molar-refractivity contribution < 1.29 is 27.1 Å². The summed E-state index contributed by atoms with van der Waals surface area (Å²) in [5.74, 6) is 0.227. The first-order chi connectivity index (χ1) is 14.9. The molecule has 2 aromatic rings. The molecule has 1 saturated carbocycles. The van der Waals surface area contributed by atoms with Crippen molar-refractivity contribution in [1.82, 2.24) is 9.80 Å². The predicted octanol–water partition coefficient (Wildman–Crippen LogP) is 4.58. The average Bonchev–Trinajstić information content (AvgIpc) is 3.46. The number of carbonyl (C=O) groups is 1. The van der Waals surface area contributed by atoms with E-state index in [9.17, 15) is 18.0 Å². The quantitative estimate of drug-likeness (QED) is 0.665. The Morgan fingerprint density at radius 1 is 1.13 bits per heavy atom. The van der Waals surface area contributed by atoms with Gasteiger partial charge >= 0.3 is 6.18 Å². The third kappa shape index (κ3) is 5.49. The summed E-state index contributed by atoms with van der Waals surface area (Å²) < 4.78 is 49.6. The summed E-state index contributed by atoms with van der Waals surface area (Å²) in [6.07, 6.45) is 1.21. The maximum absolute atomic E-state index is 13.0. The number of benzene rings is 1. The van der Waals surface area contributed by atoms with Gasteiger partial charge in [-0.25, -0.2) is 0 Å². The van der Waals surface area contributed by atoms with Crippen LogP contribution in [0.15, 0.2) is 47.1 Å². The molecule has 1 atom stereocenters. The molecule has 2 aliphatic rings. The molecule has 1 unspecified atom stereocenters. The highest BCUT2D eigenvalue weighted by Crippen LogP contribution is 2.29. The van der Waals surface area contributed by atoms with Crippen LogP contribution in [0, 0.1) is 0 Å². The van der Waals surface area contributed by atoms with E-state index in [2.05, 4.69) is 4.90 Å². The molecule has 2 heterocycles. The highest BCUT2D eigenvalue weighted by atomic mass is 19.4. The van der Waals surface area contributed by atoms with E-state index in [0.29, 0.717) is 38.5 Å². The number of amides is 1. The second kappa shape index (κ2) is 9.44. The Kier molecular flexibility index (Phi) is 6.67. The second-order valence-corrected chi connectivity index (χ2v) is 8.30. The van der Waals surface area contributed by atoms with Gasteiger partial charge in [-0.3, -0.25) is 9.69 Å². The molecule has 1 aliphatic heterocycles. The van der Waals surface area contributed by atoms with E-state index in [0.717, 1.165) is 43.4 Å². The fourth-order valence-corrected chi connectivity index (χ4v) is 4.47. The molecule has 1 amide bonds. The lowest BCUT2D eigenvalue weighted by Gasteiger charge is -2.37.